The lowest BCUT2D eigenvalue weighted by molar-refractivity contribution is -0.136. The molecule has 0 heterocycles. The van der Waals surface area contributed by atoms with Crippen LogP contribution in [-0.2, 0) is 20.7 Å². The van der Waals surface area contributed by atoms with Gasteiger partial charge in [-0.3, -0.25) is 9.59 Å². The standard InChI is InChI=1S/C18H24FNO4/c1-2-24-10-9-18(7-3-4-8-18)17(23)20-14-6-5-13(11-16(21)22)15(19)12-14/h5-6,12H,2-4,7-11H2,1H3,(H,20,23)(H,21,22). The maximum Gasteiger partial charge on any atom is 0.307 e. The molecule has 0 bridgehead atoms. The van der Waals surface area contributed by atoms with E-state index < -0.39 is 17.2 Å². The number of nitrogens with one attached hydrogen (secondary N) is 1. The van der Waals surface area contributed by atoms with Crippen LogP contribution in [0.1, 0.15) is 44.6 Å². The Balaban J connectivity index is 2.06. The van der Waals surface area contributed by atoms with Gasteiger partial charge in [-0.2, -0.15) is 0 Å². The van der Waals surface area contributed by atoms with Gasteiger partial charge < -0.3 is 15.2 Å². The summed E-state index contributed by atoms with van der Waals surface area (Å²) >= 11 is 0. The number of hydrogen-bond donors (Lipinski definition) is 2. The number of hydrogen-bond acceptors (Lipinski definition) is 3. The number of halogens is 1. The van der Waals surface area contributed by atoms with Crippen LogP contribution in [0.2, 0.25) is 0 Å². The molecule has 0 radical (unpaired) electrons. The molecule has 2 N–H and O–H groups in total. The lowest BCUT2D eigenvalue weighted by atomic mass is 9.82. The SMILES string of the molecule is CCOCCC1(C(=O)Nc2ccc(CC(=O)O)c(F)c2)CCCC1. The topological polar surface area (TPSA) is 75.6 Å². The summed E-state index contributed by atoms with van der Waals surface area (Å²) in [4.78, 5) is 23.4. The third kappa shape index (κ3) is 4.54. The normalized spacial score (nSPS) is 16.1. The maximum absolute atomic E-state index is 13.9. The molecule has 0 aliphatic heterocycles. The predicted molar refractivity (Wildman–Crippen MR) is 88.4 cm³/mol. The Bertz CT molecular complexity index is 597. The van der Waals surface area contributed by atoms with E-state index in [0.717, 1.165) is 25.7 Å². The molecule has 132 valence electrons. The van der Waals surface area contributed by atoms with Crippen molar-refractivity contribution in [3.05, 3.63) is 29.6 Å². The lowest BCUT2D eigenvalue weighted by Gasteiger charge is -2.27. The molecular weight excluding hydrogens is 313 g/mol. The number of amides is 1. The zero-order chi connectivity index (χ0) is 17.6. The zero-order valence-corrected chi connectivity index (χ0v) is 13.9. The van der Waals surface area contributed by atoms with E-state index in [4.69, 9.17) is 9.84 Å². The second-order valence-corrected chi connectivity index (χ2v) is 6.27. The van der Waals surface area contributed by atoms with Crippen molar-refractivity contribution in [1.29, 1.82) is 0 Å². The molecule has 0 atom stereocenters. The van der Waals surface area contributed by atoms with Crippen LogP contribution in [0.3, 0.4) is 0 Å². The fourth-order valence-corrected chi connectivity index (χ4v) is 3.25. The summed E-state index contributed by atoms with van der Waals surface area (Å²) in [6.07, 6.45) is 3.92. The van der Waals surface area contributed by atoms with Crippen LogP contribution in [-0.4, -0.2) is 30.2 Å². The highest BCUT2D eigenvalue weighted by Crippen LogP contribution is 2.42. The Morgan fingerprint density at radius 2 is 2.04 bits per heavy atom. The first-order valence-electron chi connectivity index (χ1n) is 8.36. The van der Waals surface area contributed by atoms with Gasteiger partial charge in [0.25, 0.3) is 0 Å². The van der Waals surface area contributed by atoms with Crippen molar-refractivity contribution in [2.75, 3.05) is 18.5 Å². The van der Waals surface area contributed by atoms with Gasteiger partial charge in [0.1, 0.15) is 5.82 Å². The first kappa shape index (κ1) is 18.4. The van der Waals surface area contributed by atoms with Crippen LogP contribution >= 0.6 is 0 Å². The van der Waals surface area contributed by atoms with Gasteiger partial charge in [0.15, 0.2) is 0 Å². The summed E-state index contributed by atoms with van der Waals surface area (Å²) in [5, 5.41) is 11.5. The first-order valence-corrected chi connectivity index (χ1v) is 8.36. The molecule has 6 heteroatoms. The highest BCUT2D eigenvalue weighted by atomic mass is 19.1. The molecule has 1 amide bonds. The number of carbonyl (C=O) groups is 2. The lowest BCUT2D eigenvalue weighted by Crippen LogP contribution is -2.35. The van der Waals surface area contributed by atoms with Gasteiger partial charge in [-0.15, -0.1) is 0 Å². The van der Waals surface area contributed by atoms with Gasteiger partial charge in [0, 0.05) is 18.9 Å². The van der Waals surface area contributed by atoms with E-state index in [9.17, 15) is 14.0 Å². The number of anilines is 1. The molecule has 1 aromatic carbocycles. The quantitative estimate of drug-likeness (QED) is 0.713. The second kappa shape index (κ2) is 8.24. The Morgan fingerprint density at radius 1 is 1.33 bits per heavy atom. The predicted octanol–water partition coefficient (Wildman–Crippen LogP) is 3.38. The van der Waals surface area contributed by atoms with E-state index >= 15 is 0 Å². The monoisotopic (exact) mass is 337 g/mol. The average molecular weight is 337 g/mol. The van der Waals surface area contributed by atoms with Crippen molar-refractivity contribution < 1.29 is 23.8 Å². The van der Waals surface area contributed by atoms with Crippen molar-refractivity contribution in [2.45, 2.75) is 45.4 Å². The Kier molecular flexibility index (Phi) is 6.31. The van der Waals surface area contributed by atoms with E-state index in [0.29, 0.717) is 25.3 Å². The molecule has 0 unspecified atom stereocenters. The minimum atomic E-state index is -1.09. The van der Waals surface area contributed by atoms with Gasteiger partial charge in [-0.25, -0.2) is 4.39 Å². The molecular formula is C18H24FNO4. The maximum atomic E-state index is 13.9. The van der Waals surface area contributed by atoms with Crippen LogP contribution in [0.4, 0.5) is 10.1 Å². The molecule has 24 heavy (non-hydrogen) atoms. The molecule has 0 aromatic heterocycles. The Hall–Kier alpha value is -1.95. The van der Waals surface area contributed by atoms with E-state index in [1.165, 1.54) is 12.1 Å². The smallest absolute Gasteiger partial charge is 0.307 e. The summed E-state index contributed by atoms with van der Waals surface area (Å²) in [6, 6.07) is 4.13. The number of carboxylic acids is 1. The van der Waals surface area contributed by atoms with E-state index in [-0.39, 0.29) is 17.9 Å². The molecule has 1 saturated carbocycles. The van der Waals surface area contributed by atoms with E-state index in [1.54, 1.807) is 6.07 Å². The number of benzene rings is 1. The van der Waals surface area contributed by atoms with Gasteiger partial charge in [-0.05, 0) is 43.9 Å². The molecule has 1 fully saturated rings. The van der Waals surface area contributed by atoms with E-state index in [1.807, 2.05) is 6.92 Å². The summed E-state index contributed by atoms with van der Waals surface area (Å²) in [5.41, 5.74) is 0.00696. The van der Waals surface area contributed by atoms with Crippen molar-refractivity contribution in [3.63, 3.8) is 0 Å². The molecule has 1 aromatic rings. The van der Waals surface area contributed by atoms with Gasteiger partial charge in [0.05, 0.1) is 11.8 Å². The van der Waals surface area contributed by atoms with Gasteiger partial charge in [-0.1, -0.05) is 18.9 Å². The molecule has 2 rings (SSSR count). The molecule has 0 spiro atoms. The van der Waals surface area contributed by atoms with Crippen LogP contribution in [0.25, 0.3) is 0 Å². The number of ether oxygens (including phenoxy) is 1. The first-order chi connectivity index (χ1) is 11.5. The Labute approximate surface area is 141 Å². The fourth-order valence-electron chi connectivity index (χ4n) is 3.25. The number of carbonyl (C=O) groups excluding carboxylic acids is 1. The third-order valence-corrected chi connectivity index (χ3v) is 4.62. The molecule has 0 saturated heterocycles. The second-order valence-electron chi connectivity index (χ2n) is 6.27. The highest BCUT2D eigenvalue weighted by molar-refractivity contribution is 5.95. The highest BCUT2D eigenvalue weighted by Gasteiger charge is 2.40. The third-order valence-electron chi connectivity index (χ3n) is 4.62. The summed E-state index contributed by atoms with van der Waals surface area (Å²) in [5.74, 6) is -1.82. The molecule has 5 nitrogen and oxygen atoms in total. The van der Waals surface area contributed by atoms with Crippen LogP contribution in [0.15, 0.2) is 18.2 Å². The van der Waals surface area contributed by atoms with Crippen molar-refractivity contribution in [2.24, 2.45) is 5.41 Å². The Morgan fingerprint density at radius 3 is 2.62 bits per heavy atom. The van der Waals surface area contributed by atoms with Crippen molar-refractivity contribution in [3.8, 4) is 0 Å². The largest absolute Gasteiger partial charge is 0.481 e. The average Bonchev–Trinajstić information content (AvgIpc) is 3.00. The summed E-state index contributed by atoms with van der Waals surface area (Å²) in [7, 11) is 0. The molecule has 1 aliphatic carbocycles. The summed E-state index contributed by atoms with van der Waals surface area (Å²) in [6.45, 7) is 3.08. The van der Waals surface area contributed by atoms with Crippen LogP contribution < -0.4 is 5.32 Å². The van der Waals surface area contributed by atoms with Crippen molar-refractivity contribution >= 4 is 17.6 Å². The van der Waals surface area contributed by atoms with Crippen molar-refractivity contribution in [1.82, 2.24) is 0 Å². The molecule has 1 aliphatic rings. The fraction of sp³-hybridized carbons (Fsp3) is 0.556. The van der Waals surface area contributed by atoms with Gasteiger partial charge >= 0.3 is 5.97 Å². The minimum Gasteiger partial charge on any atom is -0.481 e. The number of rotatable bonds is 8. The number of carboxylic acid groups (broad SMARTS) is 1. The summed E-state index contributed by atoms with van der Waals surface area (Å²) < 4.78 is 19.3. The zero-order valence-electron chi connectivity index (χ0n) is 13.9. The number of aliphatic carboxylic acids is 1. The van der Waals surface area contributed by atoms with Crippen LogP contribution in [0.5, 0.6) is 0 Å². The van der Waals surface area contributed by atoms with E-state index in [2.05, 4.69) is 5.32 Å². The minimum absolute atomic E-state index is 0.104. The van der Waals surface area contributed by atoms with Gasteiger partial charge in [0.2, 0.25) is 5.91 Å². The van der Waals surface area contributed by atoms with Crippen LogP contribution in [0, 0.1) is 11.2 Å².